The van der Waals surface area contributed by atoms with E-state index in [2.05, 4.69) is 16.3 Å². The quantitative estimate of drug-likeness (QED) is 0.677. The third-order valence-corrected chi connectivity index (χ3v) is 7.21. The maximum atomic E-state index is 14.0. The van der Waals surface area contributed by atoms with Crippen LogP contribution in [-0.2, 0) is 4.79 Å². The van der Waals surface area contributed by atoms with Crippen LogP contribution in [-0.4, -0.2) is 56.2 Å². The number of carbonyl (C=O) groups is 1. The molecule has 1 saturated heterocycles. The SMILES string of the molecule is N#Cc1ccc2c(c1)N(CCN1CCC(NCC3CC3c3cc(F)ccc3F)CC1)C(=O)CO2. The van der Waals surface area contributed by atoms with Crippen LogP contribution in [0.5, 0.6) is 5.75 Å². The predicted octanol–water partition coefficient (Wildman–Crippen LogP) is 3.42. The number of nitriles is 1. The minimum absolute atomic E-state index is 0.0204. The number of halogens is 2. The zero-order valence-corrected chi connectivity index (χ0v) is 19.0. The number of benzene rings is 2. The van der Waals surface area contributed by atoms with E-state index in [1.807, 2.05) is 0 Å². The van der Waals surface area contributed by atoms with Gasteiger partial charge < -0.3 is 19.9 Å². The second kappa shape index (κ2) is 9.69. The number of anilines is 1. The highest BCUT2D eigenvalue weighted by atomic mass is 19.1. The van der Waals surface area contributed by atoms with Crippen molar-refractivity contribution >= 4 is 11.6 Å². The van der Waals surface area contributed by atoms with E-state index in [0.29, 0.717) is 41.1 Å². The van der Waals surface area contributed by atoms with Gasteiger partial charge in [0.05, 0.1) is 17.3 Å². The van der Waals surface area contributed by atoms with Gasteiger partial charge in [-0.3, -0.25) is 4.79 Å². The molecule has 1 aliphatic carbocycles. The van der Waals surface area contributed by atoms with E-state index in [9.17, 15) is 18.8 Å². The first-order valence-electron chi connectivity index (χ1n) is 11.9. The average Bonchev–Trinajstić information content (AvgIpc) is 3.63. The first-order valence-corrected chi connectivity index (χ1v) is 11.9. The second-order valence-electron chi connectivity index (χ2n) is 9.42. The molecule has 34 heavy (non-hydrogen) atoms. The van der Waals surface area contributed by atoms with Crippen LogP contribution in [0.1, 0.15) is 36.3 Å². The van der Waals surface area contributed by atoms with Gasteiger partial charge in [0, 0.05) is 19.1 Å². The monoisotopic (exact) mass is 466 g/mol. The van der Waals surface area contributed by atoms with Crippen molar-refractivity contribution in [2.24, 2.45) is 5.92 Å². The van der Waals surface area contributed by atoms with E-state index < -0.39 is 0 Å². The van der Waals surface area contributed by atoms with Crippen molar-refractivity contribution in [1.29, 1.82) is 5.26 Å². The number of hydrogen-bond acceptors (Lipinski definition) is 5. The van der Waals surface area contributed by atoms with Crippen LogP contribution in [0.25, 0.3) is 0 Å². The number of piperidine rings is 1. The van der Waals surface area contributed by atoms with Crippen LogP contribution in [0.3, 0.4) is 0 Å². The molecule has 8 heteroatoms. The molecule has 178 valence electrons. The third-order valence-electron chi connectivity index (χ3n) is 7.21. The van der Waals surface area contributed by atoms with Gasteiger partial charge in [0.2, 0.25) is 0 Å². The van der Waals surface area contributed by atoms with Crippen molar-refractivity contribution in [3.63, 3.8) is 0 Å². The van der Waals surface area contributed by atoms with E-state index in [4.69, 9.17) is 4.74 Å². The number of nitrogens with one attached hydrogen (secondary N) is 1. The van der Waals surface area contributed by atoms with Gasteiger partial charge in [0.1, 0.15) is 17.4 Å². The summed E-state index contributed by atoms with van der Waals surface area (Å²) in [6.07, 6.45) is 2.92. The molecular weight excluding hydrogens is 438 g/mol. The molecule has 5 rings (SSSR count). The maximum Gasteiger partial charge on any atom is 0.265 e. The molecule has 2 aromatic rings. The lowest BCUT2D eigenvalue weighted by Crippen LogP contribution is -2.47. The normalized spacial score (nSPS) is 22.7. The van der Waals surface area contributed by atoms with Crippen molar-refractivity contribution < 1.29 is 18.3 Å². The van der Waals surface area contributed by atoms with Crippen molar-refractivity contribution in [2.75, 3.05) is 44.2 Å². The summed E-state index contributed by atoms with van der Waals surface area (Å²) in [5.41, 5.74) is 1.68. The molecule has 6 nitrogen and oxygen atoms in total. The number of likely N-dealkylation sites (tertiary alicyclic amines) is 1. The van der Waals surface area contributed by atoms with Crippen molar-refractivity contribution in [1.82, 2.24) is 10.2 Å². The molecule has 0 aromatic heterocycles. The number of amides is 1. The molecule has 0 radical (unpaired) electrons. The molecule has 1 saturated carbocycles. The number of rotatable bonds is 7. The summed E-state index contributed by atoms with van der Waals surface area (Å²) in [4.78, 5) is 16.5. The van der Waals surface area contributed by atoms with Crippen LogP contribution in [0, 0.1) is 28.9 Å². The Hall–Kier alpha value is -3.02. The highest BCUT2D eigenvalue weighted by Gasteiger charge is 2.40. The van der Waals surface area contributed by atoms with Crippen molar-refractivity contribution in [2.45, 2.75) is 31.2 Å². The summed E-state index contributed by atoms with van der Waals surface area (Å²) >= 11 is 0. The van der Waals surface area contributed by atoms with E-state index in [1.54, 1.807) is 23.1 Å². The van der Waals surface area contributed by atoms with Crippen LogP contribution >= 0.6 is 0 Å². The minimum Gasteiger partial charge on any atom is -0.482 e. The molecular formula is C26H28F2N4O2. The molecule has 2 fully saturated rings. The van der Waals surface area contributed by atoms with Crippen LogP contribution in [0.15, 0.2) is 36.4 Å². The maximum absolute atomic E-state index is 14.0. The van der Waals surface area contributed by atoms with Crippen molar-refractivity contribution in [3.05, 3.63) is 59.2 Å². The van der Waals surface area contributed by atoms with Gasteiger partial charge in [-0.2, -0.15) is 5.26 Å². The first kappa shape index (κ1) is 22.8. The van der Waals surface area contributed by atoms with Gasteiger partial charge in [-0.25, -0.2) is 8.78 Å². The zero-order valence-electron chi connectivity index (χ0n) is 19.0. The molecule has 0 bridgehead atoms. The molecule has 2 heterocycles. The van der Waals surface area contributed by atoms with Gasteiger partial charge >= 0.3 is 0 Å². The molecule has 1 N–H and O–H groups in total. The predicted molar refractivity (Wildman–Crippen MR) is 124 cm³/mol. The number of ether oxygens (including phenoxy) is 1. The number of fused-ring (bicyclic) bond motifs is 1. The van der Waals surface area contributed by atoms with Crippen LogP contribution < -0.4 is 15.0 Å². The van der Waals surface area contributed by atoms with Crippen LogP contribution in [0.2, 0.25) is 0 Å². The summed E-state index contributed by atoms with van der Waals surface area (Å²) in [5, 5.41) is 12.8. The lowest BCUT2D eigenvalue weighted by molar-refractivity contribution is -0.121. The van der Waals surface area contributed by atoms with Gasteiger partial charge in [-0.05, 0) is 92.7 Å². The number of carbonyl (C=O) groups excluding carboxylic acids is 1. The standard InChI is InChI=1S/C26H28F2N4O2/c27-19-2-3-23(28)22(13-19)21-12-18(21)15-30-20-5-7-31(8-6-20)9-10-32-24-11-17(14-29)1-4-25(24)34-16-26(32)33/h1-4,11,13,18,20-21,30H,5-10,12,15-16H2. The number of nitrogens with zero attached hydrogens (tertiary/aromatic N) is 3. The molecule has 0 spiro atoms. The van der Waals surface area contributed by atoms with Crippen molar-refractivity contribution in [3.8, 4) is 11.8 Å². The van der Waals surface area contributed by atoms with Gasteiger partial charge in [0.25, 0.3) is 5.91 Å². The summed E-state index contributed by atoms with van der Waals surface area (Å²) in [6.45, 7) is 4.04. The minimum atomic E-state index is -0.379. The smallest absolute Gasteiger partial charge is 0.265 e. The Morgan fingerprint density at radius 3 is 2.74 bits per heavy atom. The Bertz CT molecular complexity index is 1110. The second-order valence-corrected chi connectivity index (χ2v) is 9.42. The lowest BCUT2D eigenvalue weighted by Gasteiger charge is -2.35. The molecule has 2 unspecified atom stereocenters. The van der Waals surface area contributed by atoms with E-state index in [0.717, 1.165) is 45.4 Å². The highest BCUT2D eigenvalue weighted by molar-refractivity contribution is 5.98. The van der Waals surface area contributed by atoms with E-state index in [-0.39, 0.29) is 30.1 Å². The van der Waals surface area contributed by atoms with Gasteiger partial charge in [0.15, 0.2) is 6.61 Å². The summed E-state index contributed by atoms with van der Waals surface area (Å²) in [7, 11) is 0. The average molecular weight is 467 g/mol. The summed E-state index contributed by atoms with van der Waals surface area (Å²) in [5.74, 6) is 0.326. The topological polar surface area (TPSA) is 68.6 Å². The fourth-order valence-electron chi connectivity index (χ4n) is 5.09. The fourth-order valence-corrected chi connectivity index (χ4v) is 5.09. The van der Waals surface area contributed by atoms with E-state index >= 15 is 0 Å². The Kier molecular flexibility index (Phi) is 6.48. The Morgan fingerprint density at radius 1 is 1.12 bits per heavy atom. The third kappa shape index (κ3) is 4.91. The molecule has 3 aliphatic rings. The van der Waals surface area contributed by atoms with Crippen LogP contribution in [0.4, 0.5) is 14.5 Å². The first-order chi connectivity index (χ1) is 16.5. The van der Waals surface area contributed by atoms with Gasteiger partial charge in [-0.1, -0.05) is 0 Å². The Morgan fingerprint density at radius 2 is 1.94 bits per heavy atom. The Labute approximate surface area is 198 Å². The lowest BCUT2D eigenvalue weighted by atomic mass is 10.0. The summed E-state index contributed by atoms with van der Waals surface area (Å²) in [6, 6.07) is 11.4. The Balaban J connectivity index is 1.07. The molecule has 2 aliphatic heterocycles. The fraction of sp³-hybridized carbons (Fsp3) is 0.462. The van der Waals surface area contributed by atoms with E-state index in [1.165, 1.54) is 18.2 Å². The summed E-state index contributed by atoms with van der Waals surface area (Å²) < 4.78 is 33.0. The molecule has 2 aromatic carbocycles. The van der Waals surface area contributed by atoms with Gasteiger partial charge in [-0.15, -0.1) is 0 Å². The molecule has 2 atom stereocenters. The zero-order chi connectivity index (χ0) is 23.7. The largest absolute Gasteiger partial charge is 0.482 e. The molecule has 1 amide bonds. The highest BCUT2D eigenvalue weighted by Crippen LogP contribution is 2.48. The number of hydrogen-bond donors (Lipinski definition) is 1.